The molecule has 0 aliphatic rings. The van der Waals surface area contributed by atoms with Crippen LogP contribution in [-0.4, -0.2) is 17.5 Å². The Hall–Kier alpha value is -2.80. The molecule has 0 saturated carbocycles. The molecule has 1 N–H and O–H groups in total. The number of para-hydroxylation sites is 1. The molecule has 0 spiro atoms. The lowest BCUT2D eigenvalue weighted by atomic mass is 10.1. The van der Waals surface area contributed by atoms with Gasteiger partial charge in [0.15, 0.2) is 0 Å². The van der Waals surface area contributed by atoms with E-state index in [1.54, 1.807) is 23.6 Å². The number of amides is 1. The monoisotopic (exact) mass is 374 g/mol. The second-order valence-electron chi connectivity index (χ2n) is 5.59. The van der Waals surface area contributed by atoms with Gasteiger partial charge in [0.1, 0.15) is 10.8 Å². The highest BCUT2D eigenvalue weighted by atomic mass is 32.1. The van der Waals surface area contributed by atoms with E-state index in [1.807, 2.05) is 31.2 Å². The maximum atomic E-state index is 12.5. The van der Waals surface area contributed by atoms with Crippen molar-refractivity contribution in [2.75, 3.05) is 5.32 Å². The summed E-state index contributed by atoms with van der Waals surface area (Å²) in [6.45, 7) is -0.937. The van der Waals surface area contributed by atoms with Gasteiger partial charge in [0.05, 0.1) is 12.1 Å². The summed E-state index contributed by atoms with van der Waals surface area (Å²) < 4.78 is 29.6. The molecule has 0 radical (unpaired) electrons. The van der Waals surface area contributed by atoms with Gasteiger partial charge in [-0.05, 0) is 31.2 Å². The molecule has 0 fully saturated rings. The van der Waals surface area contributed by atoms with E-state index in [9.17, 15) is 13.6 Å². The Labute approximate surface area is 153 Å². The smallest absolute Gasteiger partial charge is 0.387 e. The number of rotatable bonds is 6. The molecule has 3 rings (SSSR count). The van der Waals surface area contributed by atoms with Gasteiger partial charge in [-0.3, -0.25) is 4.79 Å². The first-order valence-corrected chi connectivity index (χ1v) is 8.74. The molecule has 4 nitrogen and oxygen atoms in total. The second kappa shape index (κ2) is 8.05. The highest BCUT2D eigenvalue weighted by Crippen LogP contribution is 2.31. The van der Waals surface area contributed by atoms with Crippen LogP contribution in [-0.2, 0) is 11.2 Å². The number of aromatic nitrogens is 1. The molecule has 0 bridgehead atoms. The van der Waals surface area contributed by atoms with E-state index in [-0.39, 0.29) is 18.1 Å². The summed E-state index contributed by atoms with van der Waals surface area (Å²) in [5, 5.41) is 5.13. The molecule has 7 heteroatoms. The first-order valence-electron chi connectivity index (χ1n) is 7.86. The Morgan fingerprint density at radius 2 is 1.92 bits per heavy atom. The lowest BCUT2D eigenvalue weighted by Crippen LogP contribution is -2.14. The zero-order valence-corrected chi connectivity index (χ0v) is 14.7. The molecule has 0 aliphatic carbocycles. The van der Waals surface area contributed by atoms with Crippen LogP contribution >= 0.6 is 11.3 Å². The molecule has 1 amide bonds. The molecule has 0 saturated heterocycles. The minimum atomic E-state index is -2.91. The third-order valence-electron chi connectivity index (χ3n) is 3.58. The minimum absolute atomic E-state index is 0.0588. The van der Waals surface area contributed by atoms with E-state index in [0.29, 0.717) is 22.0 Å². The highest BCUT2D eigenvalue weighted by Gasteiger charge is 2.14. The van der Waals surface area contributed by atoms with Crippen molar-refractivity contribution in [1.29, 1.82) is 0 Å². The summed E-state index contributed by atoms with van der Waals surface area (Å²) in [5.41, 5.74) is 2.80. The summed E-state index contributed by atoms with van der Waals surface area (Å²) in [7, 11) is 0. The largest absolute Gasteiger partial charge is 0.434 e. The van der Waals surface area contributed by atoms with Crippen LogP contribution in [0.3, 0.4) is 0 Å². The van der Waals surface area contributed by atoms with E-state index in [2.05, 4.69) is 15.0 Å². The van der Waals surface area contributed by atoms with Gasteiger partial charge in [0, 0.05) is 16.6 Å². The van der Waals surface area contributed by atoms with Crippen molar-refractivity contribution in [2.45, 2.75) is 20.0 Å². The SMILES string of the molecule is Cc1ccc(NC(=O)Cc2nc(-c3ccccc3OC(F)F)cs2)cc1. The fourth-order valence-electron chi connectivity index (χ4n) is 2.37. The predicted octanol–water partition coefficient (Wildman–Crippen LogP) is 4.90. The van der Waals surface area contributed by atoms with E-state index in [0.717, 1.165) is 5.56 Å². The lowest BCUT2D eigenvalue weighted by molar-refractivity contribution is -0.115. The molecule has 134 valence electrons. The number of alkyl halides is 2. The fourth-order valence-corrected chi connectivity index (χ4v) is 3.17. The predicted molar refractivity (Wildman–Crippen MR) is 97.7 cm³/mol. The number of nitrogens with one attached hydrogen (secondary N) is 1. The van der Waals surface area contributed by atoms with Gasteiger partial charge in [-0.1, -0.05) is 29.8 Å². The van der Waals surface area contributed by atoms with Crippen molar-refractivity contribution in [2.24, 2.45) is 0 Å². The van der Waals surface area contributed by atoms with Crippen LogP contribution in [0.2, 0.25) is 0 Å². The maximum absolute atomic E-state index is 12.5. The van der Waals surface area contributed by atoms with Gasteiger partial charge in [0.25, 0.3) is 0 Å². The fraction of sp³-hybridized carbons (Fsp3) is 0.158. The van der Waals surface area contributed by atoms with Gasteiger partial charge in [-0.25, -0.2) is 4.98 Å². The third-order valence-corrected chi connectivity index (χ3v) is 4.43. The van der Waals surface area contributed by atoms with Crippen LogP contribution in [0.15, 0.2) is 53.9 Å². The topological polar surface area (TPSA) is 51.2 Å². The maximum Gasteiger partial charge on any atom is 0.387 e. The number of benzene rings is 2. The van der Waals surface area contributed by atoms with Crippen molar-refractivity contribution < 1.29 is 18.3 Å². The van der Waals surface area contributed by atoms with Gasteiger partial charge in [0.2, 0.25) is 5.91 Å². The number of ether oxygens (including phenoxy) is 1. The second-order valence-corrected chi connectivity index (χ2v) is 6.53. The Morgan fingerprint density at radius 1 is 1.19 bits per heavy atom. The van der Waals surface area contributed by atoms with Crippen molar-refractivity contribution in [1.82, 2.24) is 4.98 Å². The number of carbonyl (C=O) groups is 1. The summed E-state index contributed by atoms with van der Waals surface area (Å²) in [5.74, 6) is -0.129. The van der Waals surface area contributed by atoms with E-state index >= 15 is 0 Å². The van der Waals surface area contributed by atoms with Crippen molar-refractivity contribution >= 4 is 22.9 Å². The van der Waals surface area contributed by atoms with E-state index < -0.39 is 6.61 Å². The molecular formula is C19H16F2N2O2S. The van der Waals surface area contributed by atoms with Gasteiger partial charge in [-0.2, -0.15) is 8.78 Å². The van der Waals surface area contributed by atoms with E-state index in [1.165, 1.54) is 17.4 Å². The Morgan fingerprint density at radius 3 is 2.65 bits per heavy atom. The van der Waals surface area contributed by atoms with Crippen LogP contribution < -0.4 is 10.1 Å². The number of hydrogen-bond donors (Lipinski definition) is 1. The number of hydrogen-bond acceptors (Lipinski definition) is 4. The molecule has 1 heterocycles. The first kappa shape index (κ1) is 18.0. The van der Waals surface area contributed by atoms with Gasteiger partial charge in [-0.15, -0.1) is 11.3 Å². The molecule has 2 aromatic carbocycles. The standard InChI is InChI=1S/C19H16F2N2O2S/c1-12-6-8-13(9-7-12)22-17(24)10-18-23-15(11-26-18)14-4-2-3-5-16(14)25-19(20)21/h2-9,11,19H,10H2,1H3,(H,22,24). The van der Waals surface area contributed by atoms with Crippen LogP contribution in [0.5, 0.6) is 5.75 Å². The summed E-state index contributed by atoms with van der Waals surface area (Å²) >= 11 is 1.30. The summed E-state index contributed by atoms with van der Waals surface area (Å²) in [6, 6.07) is 13.9. The molecule has 26 heavy (non-hydrogen) atoms. The van der Waals surface area contributed by atoms with Crippen molar-refractivity contribution in [3.8, 4) is 17.0 Å². The first-order chi connectivity index (χ1) is 12.5. The molecule has 0 unspecified atom stereocenters. The van der Waals surface area contributed by atoms with Crippen LogP contribution in [0.25, 0.3) is 11.3 Å². The average Bonchev–Trinajstić information content (AvgIpc) is 3.05. The van der Waals surface area contributed by atoms with E-state index in [4.69, 9.17) is 0 Å². The lowest BCUT2D eigenvalue weighted by Gasteiger charge is -2.08. The molecule has 0 atom stereocenters. The normalized spacial score (nSPS) is 10.8. The van der Waals surface area contributed by atoms with Crippen LogP contribution in [0.1, 0.15) is 10.6 Å². The molecule has 3 aromatic rings. The van der Waals surface area contributed by atoms with Crippen molar-refractivity contribution in [3.05, 3.63) is 64.5 Å². The summed E-state index contributed by atoms with van der Waals surface area (Å²) in [6.07, 6.45) is 0.108. The molecule has 1 aromatic heterocycles. The Kier molecular flexibility index (Phi) is 5.58. The zero-order valence-electron chi connectivity index (χ0n) is 13.9. The molecular weight excluding hydrogens is 358 g/mol. The van der Waals surface area contributed by atoms with Gasteiger partial charge >= 0.3 is 6.61 Å². The highest BCUT2D eigenvalue weighted by molar-refractivity contribution is 7.10. The van der Waals surface area contributed by atoms with Crippen LogP contribution in [0, 0.1) is 6.92 Å². The third kappa shape index (κ3) is 4.64. The number of carbonyl (C=O) groups excluding carboxylic acids is 1. The van der Waals surface area contributed by atoms with Crippen molar-refractivity contribution in [3.63, 3.8) is 0 Å². The summed E-state index contributed by atoms with van der Waals surface area (Å²) in [4.78, 5) is 16.5. The minimum Gasteiger partial charge on any atom is -0.434 e. The number of aryl methyl sites for hydroxylation is 1. The van der Waals surface area contributed by atoms with Crippen LogP contribution in [0.4, 0.5) is 14.5 Å². The number of thiazole rings is 1. The number of anilines is 1. The van der Waals surface area contributed by atoms with Gasteiger partial charge < -0.3 is 10.1 Å². The quantitative estimate of drug-likeness (QED) is 0.668. The molecule has 0 aliphatic heterocycles. The Balaban J connectivity index is 1.70. The zero-order chi connectivity index (χ0) is 18.5. The number of nitrogens with zero attached hydrogens (tertiary/aromatic N) is 1. The Bertz CT molecular complexity index is 895. The number of halogens is 2. The average molecular weight is 374 g/mol.